The highest BCUT2D eigenvalue weighted by atomic mass is 35.5. The number of ether oxygens (including phenoxy) is 1. The number of likely N-dealkylation sites (tertiary alicyclic amines) is 1. The maximum Gasteiger partial charge on any atom is 0.253 e. The van der Waals surface area contributed by atoms with Crippen molar-refractivity contribution in [2.75, 3.05) is 26.2 Å². The number of nitrogens with zero attached hydrogens (tertiary/aromatic N) is 1. The van der Waals surface area contributed by atoms with Gasteiger partial charge in [0.15, 0.2) is 0 Å². The molecule has 138 valence electrons. The van der Waals surface area contributed by atoms with E-state index in [1.165, 1.54) is 12.1 Å². The summed E-state index contributed by atoms with van der Waals surface area (Å²) in [5.41, 5.74) is 1.59. The van der Waals surface area contributed by atoms with Crippen LogP contribution in [-0.4, -0.2) is 37.0 Å². The van der Waals surface area contributed by atoms with Crippen LogP contribution in [0.1, 0.15) is 15.9 Å². The van der Waals surface area contributed by atoms with Crippen molar-refractivity contribution in [2.24, 2.45) is 11.8 Å². The number of rotatable bonds is 4. The molecule has 26 heavy (non-hydrogen) atoms. The van der Waals surface area contributed by atoms with Gasteiger partial charge in [0.2, 0.25) is 0 Å². The average Bonchev–Trinajstić information content (AvgIpc) is 3.21. The Morgan fingerprint density at radius 1 is 1.12 bits per heavy atom. The maximum absolute atomic E-state index is 13.2. The summed E-state index contributed by atoms with van der Waals surface area (Å²) in [6.45, 7) is 3.99. The van der Waals surface area contributed by atoms with Crippen molar-refractivity contribution in [1.82, 2.24) is 10.2 Å². The standard InChI is InChI=1S/C20H21FN2O2.ClH/c21-18-5-2-6-19(8-18)25-13-14-3-1-4-15(7-14)20(24)23-11-16-9-22-10-17(16)12-23;/h1-8,16-17,22H,9-13H2;1H/t16-,17+;. The van der Waals surface area contributed by atoms with E-state index >= 15 is 0 Å². The summed E-state index contributed by atoms with van der Waals surface area (Å²) in [5.74, 6) is 1.42. The molecule has 1 amide bonds. The molecule has 2 aliphatic rings. The topological polar surface area (TPSA) is 41.6 Å². The van der Waals surface area contributed by atoms with E-state index in [-0.39, 0.29) is 24.1 Å². The molecule has 0 bridgehead atoms. The summed E-state index contributed by atoms with van der Waals surface area (Å²) in [6.07, 6.45) is 0. The van der Waals surface area contributed by atoms with Crippen molar-refractivity contribution in [3.63, 3.8) is 0 Å². The van der Waals surface area contributed by atoms with Gasteiger partial charge in [0.1, 0.15) is 18.2 Å². The van der Waals surface area contributed by atoms with Crippen LogP contribution in [0.4, 0.5) is 4.39 Å². The van der Waals surface area contributed by atoms with Gasteiger partial charge in [-0.25, -0.2) is 4.39 Å². The van der Waals surface area contributed by atoms with Crippen molar-refractivity contribution >= 4 is 18.3 Å². The quantitative estimate of drug-likeness (QED) is 0.891. The lowest BCUT2D eigenvalue weighted by atomic mass is 10.0. The molecule has 2 aromatic carbocycles. The molecule has 0 unspecified atom stereocenters. The lowest BCUT2D eigenvalue weighted by molar-refractivity contribution is 0.0781. The zero-order chi connectivity index (χ0) is 17.2. The minimum absolute atomic E-state index is 0. The van der Waals surface area contributed by atoms with E-state index in [2.05, 4.69) is 5.32 Å². The molecule has 2 aliphatic heterocycles. The number of carbonyl (C=O) groups is 1. The van der Waals surface area contributed by atoms with E-state index in [0.29, 0.717) is 29.8 Å². The summed E-state index contributed by atoms with van der Waals surface area (Å²) in [6, 6.07) is 13.6. The smallest absolute Gasteiger partial charge is 0.253 e. The lowest BCUT2D eigenvalue weighted by Gasteiger charge is -2.18. The van der Waals surface area contributed by atoms with Gasteiger partial charge in [0, 0.05) is 37.8 Å². The molecular formula is C20H22ClFN2O2. The van der Waals surface area contributed by atoms with E-state index in [1.807, 2.05) is 29.2 Å². The Morgan fingerprint density at radius 2 is 1.85 bits per heavy atom. The summed E-state index contributed by atoms with van der Waals surface area (Å²) in [4.78, 5) is 14.7. The summed E-state index contributed by atoms with van der Waals surface area (Å²) < 4.78 is 18.8. The molecule has 0 aromatic heterocycles. The molecule has 2 aromatic rings. The van der Waals surface area contributed by atoms with Crippen LogP contribution in [0.25, 0.3) is 0 Å². The van der Waals surface area contributed by atoms with Gasteiger partial charge in [0.25, 0.3) is 5.91 Å². The number of benzene rings is 2. The van der Waals surface area contributed by atoms with E-state index in [9.17, 15) is 9.18 Å². The first-order valence-electron chi connectivity index (χ1n) is 8.66. The molecule has 2 fully saturated rings. The van der Waals surface area contributed by atoms with Crippen molar-refractivity contribution < 1.29 is 13.9 Å². The van der Waals surface area contributed by atoms with Gasteiger partial charge in [0.05, 0.1) is 0 Å². The number of hydrogen-bond donors (Lipinski definition) is 1. The SMILES string of the molecule is Cl.O=C(c1cccc(COc2cccc(F)c2)c1)N1C[C@H]2CNC[C@H]2C1. The number of nitrogens with one attached hydrogen (secondary N) is 1. The molecule has 1 N–H and O–H groups in total. The van der Waals surface area contributed by atoms with Gasteiger partial charge >= 0.3 is 0 Å². The van der Waals surface area contributed by atoms with E-state index in [4.69, 9.17) is 4.74 Å². The second-order valence-electron chi connectivity index (χ2n) is 6.83. The molecular weight excluding hydrogens is 355 g/mol. The predicted molar refractivity (Wildman–Crippen MR) is 100 cm³/mol. The summed E-state index contributed by atoms with van der Waals surface area (Å²) in [5, 5.41) is 3.39. The fourth-order valence-corrected chi connectivity index (χ4v) is 3.72. The normalized spacial score (nSPS) is 21.2. The fourth-order valence-electron chi connectivity index (χ4n) is 3.72. The van der Waals surface area contributed by atoms with Crippen LogP contribution >= 0.6 is 12.4 Å². The van der Waals surface area contributed by atoms with Gasteiger partial charge in [-0.1, -0.05) is 18.2 Å². The highest BCUT2D eigenvalue weighted by Crippen LogP contribution is 2.27. The molecule has 2 atom stereocenters. The van der Waals surface area contributed by atoms with Crippen LogP contribution in [0.5, 0.6) is 5.75 Å². The van der Waals surface area contributed by atoms with Crippen LogP contribution < -0.4 is 10.1 Å². The molecule has 0 saturated carbocycles. The van der Waals surface area contributed by atoms with Gasteiger partial charge in [-0.15, -0.1) is 12.4 Å². The van der Waals surface area contributed by atoms with Crippen molar-refractivity contribution in [2.45, 2.75) is 6.61 Å². The number of fused-ring (bicyclic) bond motifs is 1. The first kappa shape index (κ1) is 18.7. The van der Waals surface area contributed by atoms with Gasteiger partial charge < -0.3 is 15.0 Å². The predicted octanol–water partition coefficient (Wildman–Crippen LogP) is 3.12. The maximum atomic E-state index is 13.2. The van der Waals surface area contributed by atoms with Crippen molar-refractivity contribution in [3.8, 4) is 5.75 Å². The molecule has 0 radical (unpaired) electrons. The second kappa shape index (κ2) is 8.06. The van der Waals surface area contributed by atoms with Crippen LogP contribution in [-0.2, 0) is 6.61 Å². The first-order chi connectivity index (χ1) is 12.2. The lowest BCUT2D eigenvalue weighted by Crippen LogP contribution is -2.31. The number of halogens is 2. The summed E-state index contributed by atoms with van der Waals surface area (Å²) in [7, 11) is 0. The third-order valence-corrected chi connectivity index (χ3v) is 5.05. The highest BCUT2D eigenvalue weighted by molar-refractivity contribution is 5.94. The Bertz CT molecular complexity index is 774. The number of amides is 1. The molecule has 2 saturated heterocycles. The Hall–Kier alpha value is -2.11. The third-order valence-electron chi connectivity index (χ3n) is 5.05. The fraction of sp³-hybridized carbons (Fsp3) is 0.350. The zero-order valence-corrected chi connectivity index (χ0v) is 15.2. The minimum Gasteiger partial charge on any atom is -0.489 e. The van der Waals surface area contributed by atoms with Gasteiger partial charge in [-0.2, -0.15) is 0 Å². The van der Waals surface area contributed by atoms with E-state index in [0.717, 1.165) is 31.7 Å². The van der Waals surface area contributed by atoms with Gasteiger partial charge in [-0.3, -0.25) is 4.79 Å². The van der Waals surface area contributed by atoms with Crippen LogP contribution in [0.15, 0.2) is 48.5 Å². The first-order valence-corrected chi connectivity index (χ1v) is 8.66. The number of hydrogen-bond acceptors (Lipinski definition) is 3. The molecule has 0 aliphatic carbocycles. The third kappa shape index (κ3) is 4.00. The van der Waals surface area contributed by atoms with Crippen molar-refractivity contribution in [3.05, 3.63) is 65.5 Å². The highest BCUT2D eigenvalue weighted by Gasteiger charge is 2.38. The van der Waals surface area contributed by atoms with Gasteiger partial charge in [-0.05, 0) is 41.7 Å². The molecule has 2 heterocycles. The summed E-state index contributed by atoms with van der Waals surface area (Å²) >= 11 is 0. The number of carbonyl (C=O) groups excluding carboxylic acids is 1. The van der Waals surface area contributed by atoms with E-state index in [1.54, 1.807) is 12.1 Å². The molecule has 4 nitrogen and oxygen atoms in total. The van der Waals surface area contributed by atoms with Crippen LogP contribution in [0, 0.1) is 17.7 Å². The molecule has 6 heteroatoms. The van der Waals surface area contributed by atoms with E-state index < -0.39 is 0 Å². The zero-order valence-electron chi connectivity index (χ0n) is 14.4. The Labute approximate surface area is 158 Å². The second-order valence-corrected chi connectivity index (χ2v) is 6.83. The Morgan fingerprint density at radius 3 is 2.58 bits per heavy atom. The van der Waals surface area contributed by atoms with Crippen molar-refractivity contribution in [1.29, 1.82) is 0 Å². The minimum atomic E-state index is -0.324. The van der Waals surface area contributed by atoms with Crippen LogP contribution in [0.2, 0.25) is 0 Å². The monoisotopic (exact) mass is 376 g/mol. The Kier molecular flexibility index (Phi) is 5.79. The molecule has 4 rings (SSSR count). The Balaban J connectivity index is 0.00000196. The largest absolute Gasteiger partial charge is 0.489 e. The molecule has 0 spiro atoms. The average molecular weight is 377 g/mol. The van der Waals surface area contributed by atoms with Crippen LogP contribution in [0.3, 0.4) is 0 Å².